The van der Waals surface area contributed by atoms with Crippen LogP contribution in [0.25, 0.3) is 5.69 Å². The zero-order chi connectivity index (χ0) is 14.7. The number of pyridine rings is 1. The van der Waals surface area contributed by atoms with E-state index in [1.807, 2.05) is 66.5 Å². The van der Waals surface area contributed by atoms with Crippen molar-refractivity contribution in [3.63, 3.8) is 0 Å². The van der Waals surface area contributed by atoms with Crippen LogP contribution in [0.2, 0.25) is 0 Å². The standard InChI is InChI=1S/C16H15BrN4/c1-18-16(15-13(17)8-5-10-19-15)14-9-11-20-21(14)12-6-3-2-4-7-12/h2-11,16,18H,1H3. The van der Waals surface area contributed by atoms with Gasteiger partial charge in [-0.1, -0.05) is 18.2 Å². The minimum atomic E-state index is -0.0386. The van der Waals surface area contributed by atoms with Crippen molar-refractivity contribution in [1.82, 2.24) is 20.1 Å². The lowest BCUT2D eigenvalue weighted by Crippen LogP contribution is -2.22. The molecule has 0 bridgehead atoms. The maximum Gasteiger partial charge on any atom is 0.0935 e. The molecule has 0 amide bonds. The molecule has 21 heavy (non-hydrogen) atoms. The van der Waals surface area contributed by atoms with Crippen molar-refractivity contribution >= 4 is 15.9 Å². The second-order valence-corrected chi connectivity index (χ2v) is 5.45. The van der Waals surface area contributed by atoms with Gasteiger partial charge < -0.3 is 5.32 Å². The van der Waals surface area contributed by atoms with Gasteiger partial charge in [0.2, 0.25) is 0 Å². The van der Waals surface area contributed by atoms with Crippen LogP contribution < -0.4 is 5.32 Å². The van der Waals surface area contributed by atoms with Crippen molar-refractivity contribution in [1.29, 1.82) is 0 Å². The summed E-state index contributed by atoms with van der Waals surface area (Å²) in [6.45, 7) is 0. The molecule has 2 heterocycles. The molecule has 2 aromatic heterocycles. The van der Waals surface area contributed by atoms with E-state index >= 15 is 0 Å². The van der Waals surface area contributed by atoms with Crippen molar-refractivity contribution in [2.75, 3.05) is 7.05 Å². The number of hydrogen-bond acceptors (Lipinski definition) is 3. The number of halogens is 1. The highest BCUT2D eigenvalue weighted by Crippen LogP contribution is 2.27. The first-order valence-corrected chi connectivity index (χ1v) is 7.47. The first-order chi connectivity index (χ1) is 10.3. The van der Waals surface area contributed by atoms with Crippen LogP contribution in [0.1, 0.15) is 17.4 Å². The van der Waals surface area contributed by atoms with Gasteiger partial charge in [0.15, 0.2) is 0 Å². The van der Waals surface area contributed by atoms with Gasteiger partial charge in [0.05, 0.1) is 23.1 Å². The van der Waals surface area contributed by atoms with Crippen molar-refractivity contribution in [2.45, 2.75) is 6.04 Å². The van der Waals surface area contributed by atoms with E-state index in [2.05, 4.69) is 31.3 Å². The third-order valence-corrected chi connectivity index (χ3v) is 3.99. The molecule has 0 aliphatic heterocycles. The second-order valence-electron chi connectivity index (χ2n) is 4.60. The predicted molar refractivity (Wildman–Crippen MR) is 86.4 cm³/mol. The number of nitrogens with zero attached hydrogens (tertiary/aromatic N) is 3. The smallest absolute Gasteiger partial charge is 0.0935 e. The van der Waals surface area contributed by atoms with Gasteiger partial charge in [-0.2, -0.15) is 5.10 Å². The SMILES string of the molecule is CNC(c1ncccc1Br)c1ccnn1-c1ccccc1. The molecule has 0 aliphatic carbocycles. The topological polar surface area (TPSA) is 42.7 Å². The Balaban J connectivity index is 2.08. The van der Waals surface area contributed by atoms with Crippen LogP contribution in [0.3, 0.4) is 0 Å². The van der Waals surface area contributed by atoms with Gasteiger partial charge in [-0.3, -0.25) is 4.98 Å². The Bertz CT molecular complexity index is 724. The third-order valence-electron chi connectivity index (χ3n) is 3.32. The second kappa shape index (κ2) is 6.20. The highest BCUT2D eigenvalue weighted by Gasteiger charge is 2.20. The maximum absolute atomic E-state index is 4.49. The van der Waals surface area contributed by atoms with Crippen LogP contribution >= 0.6 is 15.9 Å². The molecule has 1 atom stereocenters. The monoisotopic (exact) mass is 342 g/mol. The van der Waals surface area contributed by atoms with Gasteiger partial charge in [0.1, 0.15) is 0 Å². The highest BCUT2D eigenvalue weighted by molar-refractivity contribution is 9.10. The van der Waals surface area contributed by atoms with Crippen LogP contribution in [0.15, 0.2) is 65.4 Å². The molecule has 0 saturated heterocycles. The van der Waals surface area contributed by atoms with Crippen LogP contribution in [0, 0.1) is 0 Å². The fourth-order valence-electron chi connectivity index (χ4n) is 2.35. The molecule has 1 aromatic carbocycles. The Morgan fingerprint density at radius 3 is 2.57 bits per heavy atom. The number of benzene rings is 1. The summed E-state index contributed by atoms with van der Waals surface area (Å²) in [5.74, 6) is 0. The molecule has 0 radical (unpaired) electrons. The Labute approximate surface area is 132 Å². The fourth-order valence-corrected chi connectivity index (χ4v) is 2.84. The first-order valence-electron chi connectivity index (χ1n) is 6.68. The molecule has 0 saturated carbocycles. The molecule has 3 rings (SSSR count). The van der Waals surface area contributed by atoms with Gasteiger partial charge in [-0.05, 0) is 53.3 Å². The molecular weight excluding hydrogens is 328 g/mol. The average Bonchev–Trinajstić information content (AvgIpc) is 3.00. The molecule has 1 N–H and O–H groups in total. The Morgan fingerprint density at radius 1 is 1.05 bits per heavy atom. The van der Waals surface area contributed by atoms with Gasteiger partial charge in [0.25, 0.3) is 0 Å². The molecule has 1 unspecified atom stereocenters. The lowest BCUT2D eigenvalue weighted by atomic mass is 10.1. The number of rotatable bonds is 4. The molecular formula is C16H15BrN4. The van der Waals surface area contributed by atoms with E-state index in [0.29, 0.717) is 0 Å². The number of para-hydroxylation sites is 1. The summed E-state index contributed by atoms with van der Waals surface area (Å²) in [4.78, 5) is 4.49. The first kappa shape index (κ1) is 14.0. The lowest BCUT2D eigenvalue weighted by Gasteiger charge is -2.18. The molecule has 0 fully saturated rings. The van der Waals surface area contributed by atoms with Crippen molar-refractivity contribution < 1.29 is 0 Å². The van der Waals surface area contributed by atoms with Gasteiger partial charge in [0, 0.05) is 16.9 Å². The van der Waals surface area contributed by atoms with Crippen molar-refractivity contribution in [3.8, 4) is 5.69 Å². The number of nitrogens with one attached hydrogen (secondary N) is 1. The van der Waals surface area contributed by atoms with E-state index in [1.165, 1.54) is 0 Å². The normalized spacial score (nSPS) is 12.3. The quantitative estimate of drug-likeness (QED) is 0.790. The van der Waals surface area contributed by atoms with E-state index in [1.54, 1.807) is 6.20 Å². The molecule has 0 aliphatic rings. The summed E-state index contributed by atoms with van der Waals surface area (Å²) in [7, 11) is 1.92. The molecule has 3 aromatic rings. The summed E-state index contributed by atoms with van der Waals surface area (Å²) in [6, 6.07) is 16.0. The maximum atomic E-state index is 4.49. The molecule has 106 valence electrons. The van der Waals surface area contributed by atoms with E-state index in [-0.39, 0.29) is 6.04 Å². The average molecular weight is 343 g/mol. The van der Waals surface area contributed by atoms with E-state index in [4.69, 9.17) is 0 Å². The van der Waals surface area contributed by atoms with Crippen molar-refractivity contribution in [3.05, 3.63) is 76.8 Å². The zero-order valence-corrected chi connectivity index (χ0v) is 13.2. The van der Waals surface area contributed by atoms with Crippen LogP contribution in [0.4, 0.5) is 0 Å². The molecule has 4 nitrogen and oxygen atoms in total. The number of aromatic nitrogens is 3. The van der Waals surface area contributed by atoms with Crippen LogP contribution in [-0.4, -0.2) is 21.8 Å². The van der Waals surface area contributed by atoms with E-state index in [0.717, 1.165) is 21.5 Å². The fraction of sp³-hybridized carbons (Fsp3) is 0.125. The minimum absolute atomic E-state index is 0.0386. The van der Waals surface area contributed by atoms with E-state index in [9.17, 15) is 0 Å². The number of hydrogen-bond donors (Lipinski definition) is 1. The Hall–Kier alpha value is -1.98. The van der Waals surface area contributed by atoms with Gasteiger partial charge in [-0.25, -0.2) is 4.68 Å². The minimum Gasteiger partial charge on any atom is -0.307 e. The molecule has 0 spiro atoms. The summed E-state index contributed by atoms with van der Waals surface area (Å²) in [6.07, 6.45) is 3.61. The largest absolute Gasteiger partial charge is 0.307 e. The lowest BCUT2D eigenvalue weighted by molar-refractivity contribution is 0.620. The Kier molecular flexibility index (Phi) is 4.13. The third kappa shape index (κ3) is 2.75. The zero-order valence-electron chi connectivity index (χ0n) is 11.6. The van der Waals surface area contributed by atoms with Gasteiger partial charge in [-0.15, -0.1) is 0 Å². The Morgan fingerprint density at radius 2 is 1.86 bits per heavy atom. The summed E-state index contributed by atoms with van der Waals surface area (Å²) < 4.78 is 2.91. The predicted octanol–water partition coefficient (Wildman–Crippen LogP) is 3.34. The van der Waals surface area contributed by atoms with Crippen LogP contribution in [-0.2, 0) is 0 Å². The van der Waals surface area contributed by atoms with Crippen molar-refractivity contribution in [2.24, 2.45) is 0 Å². The van der Waals surface area contributed by atoms with Crippen LogP contribution in [0.5, 0.6) is 0 Å². The summed E-state index contributed by atoms with van der Waals surface area (Å²) >= 11 is 3.57. The highest BCUT2D eigenvalue weighted by atomic mass is 79.9. The van der Waals surface area contributed by atoms with Gasteiger partial charge >= 0.3 is 0 Å². The molecule has 5 heteroatoms. The summed E-state index contributed by atoms with van der Waals surface area (Å²) in [5, 5.41) is 7.76. The van der Waals surface area contributed by atoms with E-state index < -0.39 is 0 Å². The summed E-state index contributed by atoms with van der Waals surface area (Å²) in [5.41, 5.74) is 3.02.